The number of amides is 1. The second kappa shape index (κ2) is 8.01. The summed E-state index contributed by atoms with van der Waals surface area (Å²) in [6, 6.07) is 5.99. The molecule has 1 unspecified atom stereocenters. The first-order chi connectivity index (χ1) is 12.4. The van der Waals surface area contributed by atoms with Crippen LogP contribution in [0, 0.1) is 12.8 Å². The zero-order valence-electron chi connectivity index (χ0n) is 15.3. The molecule has 0 bridgehead atoms. The Bertz CT molecular complexity index is 805. The van der Waals surface area contributed by atoms with Gasteiger partial charge in [0.1, 0.15) is 0 Å². The van der Waals surface area contributed by atoms with Crippen LogP contribution in [0.2, 0.25) is 5.02 Å². The van der Waals surface area contributed by atoms with Crippen molar-refractivity contribution < 1.29 is 4.79 Å². The van der Waals surface area contributed by atoms with Gasteiger partial charge >= 0.3 is 0 Å². The number of rotatable bonds is 5. The summed E-state index contributed by atoms with van der Waals surface area (Å²) in [5, 5.41) is 10.9. The van der Waals surface area contributed by atoms with E-state index in [1.165, 1.54) is 11.3 Å². The van der Waals surface area contributed by atoms with Gasteiger partial charge < -0.3 is 10.2 Å². The lowest BCUT2D eigenvalue weighted by Crippen LogP contribution is -2.31. The molecular weight excluding hydrogens is 416 g/mol. The van der Waals surface area contributed by atoms with Crippen LogP contribution < -0.4 is 10.2 Å². The van der Waals surface area contributed by atoms with E-state index in [4.69, 9.17) is 11.6 Å². The Hall–Kier alpha value is -1.53. The fourth-order valence-electron chi connectivity index (χ4n) is 3.34. The van der Waals surface area contributed by atoms with Crippen molar-refractivity contribution >= 4 is 39.1 Å². The molecule has 2 N–H and O–H groups in total. The van der Waals surface area contributed by atoms with Crippen LogP contribution in [0.15, 0.2) is 22.7 Å². The van der Waals surface area contributed by atoms with E-state index in [0.717, 1.165) is 34.7 Å². The third-order valence-electron chi connectivity index (χ3n) is 4.87. The number of anilines is 1. The van der Waals surface area contributed by atoms with Gasteiger partial charge in [-0.2, -0.15) is 5.10 Å². The number of nitrogens with zero attached hydrogens (tertiary/aromatic N) is 2. The molecule has 0 saturated carbocycles. The Morgan fingerprint density at radius 1 is 1.50 bits per heavy atom. The maximum Gasteiger partial charge on any atom is 0.272 e. The van der Waals surface area contributed by atoms with Crippen LogP contribution >= 0.6 is 27.5 Å². The predicted molar refractivity (Wildman–Crippen MR) is 109 cm³/mol. The quantitative estimate of drug-likeness (QED) is 0.720. The minimum Gasteiger partial charge on any atom is -0.371 e. The fourth-order valence-corrected chi connectivity index (χ4v) is 4.32. The fraction of sp³-hybridized carbons (Fsp3) is 0.474. The minimum atomic E-state index is -0.141. The normalized spacial score (nSPS) is 17.2. The monoisotopic (exact) mass is 438 g/mol. The van der Waals surface area contributed by atoms with Gasteiger partial charge in [0, 0.05) is 30.3 Å². The molecule has 1 aliphatic heterocycles. The largest absolute Gasteiger partial charge is 0.371 e. The molecule has 7 heteroatoms. The molecule has 0 radical (unpaired) electrons. The van der Waals surface area contributed by atoms with Crippen LogP contribution in [-0.4, -0.2) is 35.7 Å². The molecule has 140 valence electrons. The van der Waals surface area contributed by atoms with Crippen molar-refractivity contribution in [2.24, 2.45) is 5.92 Å². The number of aromatic amines is 1. The predicted octanol–water partition coefficient (Wildman–Crippen LogP) is 4.51. The van der Waals surface area contributed by atoms with Crippen LogP contribution in [-0.2, 0) is 0 Å². The number of halogens is 2. The number of nitrogens with one attached hydrogen (secondary N) is 2. The number of hydrogen-bond acceptors (Lipinski definition) is 3. The van der Waals surface area contributed by atoms with E-state index in [-0.39, 0.29) is 11.8 Å². The molecule has 26 heavy (non-hydrogen) atoms. The first-order valence-electron chi connectivity index (χ1n) is 8.90. The van der Waals surface area contributed by atoms with Gasteiger partial charge in [0.15, 0.2) is 5.69 Å². The van der Waals surface area contributed by atoms with Crippen molar-refractivity contribution in [3.05, 3.63) is 44.6 Å². The summed E-state index contributed by atoms with van der Waals surface area (Å²) in [7, 11) is 0. The van der Waals surface area contributed by atoms with Gasteiger partial charge in [-0.1, -0.05) is 31.5 Å². The highest BCUT2D eigenvalue weighted by Crippen LogP contribution is 2.29. The number of benzene rings is 1. The SMILES string of the molecule is Cc1ccc(Cl)cc1N1CCC(CNC(=O)c2n[nH]c(C(C)C)c2Br)C1. The van der Waals surface area contributed by atoms with Gasteiger partial charge in [0.25, 0.3) is 5.91 Å². The lowest BCUT2D eigenvalue weighted by atomic mass is 10.1. The smallest absolute Gasteiger partial charge is 0.272 e. The first-order valence-corrected chi connectivity index (χ1v) is 10.1. The molecule has 1 saturated heterocycles. The summed E-state index contributed by atoms with van der Waals surface area (Å²) >= 11 is 9.63. The number of carbonyl (C=O) groups is 1. The van der Waals surface area contributed by atoms with Crippen LogP contribution in [0.25, 0.3) is 0 Å². The molecule has 5 nitrogen and oxygen atoms in total. The standard InChI is InChI=1S/C19H24BrClN4O/c1-11(2)17-16(20)18(24-23-17)19(26)22-9-13-6-7-25(10-13)15-8-14(21)5-4-12(15)3/h4-5,8,11,13H,6-7,9-10H2,1-3H3,(H,22,26)(H,23,24). The van der Waals surface area contributed by atoms with Crippen LogP contribution in [0.4, 0.5) is 5.69 Å². The van der Waals surface area contributed by atoms with Gasteiger partial charge in [0.2, 0.25) is 0 Å². The molecule has 1 atom stereocenters. The Kier molecular flexibility index (Phi) is 5.92. The van der Waals surface area contributed by atoms with E-state index in [0.29, 0.717) is 18.2 Å². The summed E-state index contributed by atoms with van der Waals surface area (Å²) in [4.78, 5) is 14.8. The maximum absolute atomic E-state index is 12.5. The molecule has 1 aromatic carbocycles. The molecule has 2 heterocycles. The molecule has 2 aromatic rings. The van der Waals surface area contributed by atoms with Crippen molar-refractivity contribution in [2.75, 3.05) is 24.5 Å². The molecule has 1 aromatic heterocycles. The molecule has 3 rings (SSSR count). The highest BCUT2D eigenvalue weighted by molar-refractivity contribution is 9.10. The third kappa shape index (κ3) is 4.07. The van der Waals surface area contributed by atoms with Gasteiger partial charge in [-0.05, 0) is 58.8 Å². The Labute approximate surface area is 167 Å². The number of aromatic nitrogens is 2. The lowest BCUT2D eigenvalue weighted by molar-refractivity contribution is 0.0942. The van der Waals surface area contributed by atoms with Gasteiger partial charge in [-0.15, -0.1) is 0 Å². The van der Waals surface area contributed by atoms with E-state index >= 15 is 0 Å². The first kappa shape index (κ1) is 19.2. The van der Waals surface area contributed by atoms with Crippen LogP contribution in [0.5, 0.6) is 0 Å². The Morgan fingerprint density at radius 3 is 2.96 bits per heavy atom. The Balaban J connectivity index is 1.58. The number of hydrogen-bond donors (Lipinski definition) is 2. The molecule has 0 aliphatic carbocycles. The second-order valence-corrected chi connectivity index (χ2v) is 8.43. The minimum absolute atomic E-state index is 0.141. The second-order valence-electron chi connectivity index (χ2n) is 7.20. The van der Waals surface area contributed by atoms with Crippen molar-refractivity contribution in [3.8, 4) is 0 Å². The Morgan fingerprint density at radius 2 is 2.27 bits per heavy atom. The topological polar surface area (TPSA) is 61.0 Å². The van der Waals surface area contributed by atoms with Crippen molar-refractivity contribution in [3.63, 3.8) is 0 Å². The van der Waals surface area contributed by atoms with Crippen molar-refractivity contribution in [2.45, 2.75) is 33.1 Å². The molecule has 1 amide bonds. The highest BCUT2D eigenvalue weighted by atomic mass is 79.9. The molecule has 1 fully saturated rings. The van der Waals surface area contributed by atoms with Crippen molar-refractivity contribution in [1.29, 1.82) is 0 Å². The number of H-pyrrole nitrogens is 1. The molecule has 1 aliphatic rings. The maximum atomic E-state index is 12.5. The van der Waals surface area contributed by atoms with Crippen LogP contribution in [0.3, 0.4) is 0 Å². The molecular formula is C19H24BrClN4O. The lowest BCUT2D eigenvalue weighted by Gasteiger charge is -2.21. The zero-order chi connectivity index (χ0) is 18.8. The van der Waals surface area contributed by atoms with E-state index in [1.807, 2.05) is 18.2 Å². The van der Waals surface area contributed by atoms with Crippen molar-refractivity contribution in [1.82, 2.24) is 15.5 Å². The van der Waals surface area contributed by atoms with E-state index < -0.39 is 0 Å². The van der Waals surface area contributed by atoms with E-state index in [9.17, 15) is 4.79 Å². The third-order valence-corrected chi connectivity index (χ3v) is 5.91. The van der Waals surface area contributed by atoms with Crippen LogP contribution in [0.1, 0.15) is 47.9 Å². The highest BCUT2D eigenvalue weighted by Gasteiger charge is 2.25. The number of aryl methyl sites for hydroxylation is 1. The zero-order valence-corrected chi connectivity index (χ0v) is 17.6. The van der Waals surface area contributed by atoms with E-state index in [1.54, 1.807) is 0 Å². The summed E-state index contributed by atoms with van der Waals surface area (Å²) in [6.45, 7) is 8.76. The summed E-state index contributed by atoms with van der Waals surface area (Å²) in [6.07, 6.45) is 1.05. The average molecular weight is 440 g/mol. The van der Waals surface area contributed by atoms with Gasteiger partial charge in [-0.25, -0.2) is 0 Å². The average Bonchev–Trinajstić information content (AvgIpc) is 3.21. The molecule has 0 spiro atoms. The summed E-state index contributed by atoms with van der Waals surface area (Å²) in [5.74, 6) is 0.555. The van der Waals surface area contributed by atoms with Gasteiger partial charge in [0.05, 0.1) is 10.2 Å². The van der Waals surface area contributed by atoms with Gasteiger partial charge in [-0.3, -0.25) is 9.89 Å². The summed E-state index contributed by atoms with van der Waals surface area (Å²) in [5.41, 5.74) is 3.77. The van der Waals surface area contributed by atoms with E-state index in [2.05, 4.69) is 57.1 Å². The number of carbonyl (C=O) groups excluding carboxylic acids is 1. The summed E-state index contributed by atoms with van der Waals surface area (Å²) < 4.78 is 0.757.